The average Bonchev–Trinajstić information content (AvgIpc) is 3.05. The van der Waals surface area contributed by atoms with Gasteiger partial charge in [0.05, 0.1) is 6.61 Å². The number of ether oxygens (including phenoxy) is 2. The summed E-state index contributed by atoms with van der Waals surface area (Å²) >= 11 is 0. The van der Waals surface area contributed by atoms with Gasteiger partial charge in [-0.3, -0.25) is 0 Å². The Balaban J connectivity index is 4.03. The summed E-state index contributed by atoms with van der Waals surface area (Å²) in [6.45, 7) is 6.44. The second kappa shape index (κ2) is 37.2. The summed E-state index contributed by atoms with van der Waals surface area (Å²) in [6.07, 6.45) is 50.6. The Hall–Kier alpha value is -0.640. The van der Waals surface area contributed by atoms with E-state index < -0.39 is 0 Å². The topological polar surface area (TPSA) is 21.7 Å². The van der Waals surface area contributed by atoms with Gasteiger partial charge in [0.25, 0.3) is 0 Å². The van der Waals surface area contributed by atoms with E-state index in [-0.39, 0.29) is 5.79 Å². The minimum Gasteiger partial charge on any atom is -0.353 e. The quantitative estimate of drug-likeness (QED) is 0.0378. The van der Waals surface area contributed by atoms with E-state index >= 15 is 0 Å². The van der Waals surface area contributed by atoms with Gasteiger partial charge >= 0.3 is 0 Å². The third kappa shape index (κ3) is 33.3. The van der Waals surface area contributed by atoms with Crippen LogP contribution < -0.4 is 0 Å². The Labute approximate surface area is 291 Å². The predicted octanol–water partition coefficient (Wildman–Crippen LogP) is 14.2. The van der Waals surface area contributed by atoms with Crippen molar-refractivity contribution in [3.05, 3.63) is 24.3 Å². The van der Waals surface area contributed by atoms with Crippen LogP contribution in [0.15, 0.2) is 24.3 Å². The Morgan fingerprint density at radius 2 is 0.761 bits per heavy atom. The van der Waals surface area contributed by atoms with Crippen LogP contribution in [0, 0.1) is 0 Å². The van der Waals surface area contributed by atoms with Crippen molar-refractivity contribution in [1.29, 1.82) is 0 Å². The molecule has 0 aromatic heterocycles. The van der Waals surface area contributed by atoms with Crippen LogP contribution in [0.1, 0.15) is 213 Å². The highest BCUT2D eigenvalue weighted by molar-refractivity contribution is 4.82. The molecule has 0 heterocycles. The summed E-state index contributed by atoms with van der Waals surface area (Å²) in [7, 11) is 6.17. The molecule has 3 heteroatoms. The first kappa shape index (κ1) is 45.4. The smallest absolute Gasteiger partial charge is 0.167 e. The Bertz CT molecular complexity index is 630. The van der Waals surface area contributed by atoms with Crippen molar-refractivity contribution in [3.8, 4) is 0 Å². The number of rotatable bonds is 38. The molecule has 0 spiro atoms. The highest BCUT2D eigenvalue weighted by Crippen LogP contribution is 2.28. The van der Waals surface area contributed by atoms with E-state index in [1.807, 2.05) is 7.11 Å². The lowest BCUT2D eigenvalue weighted by molar-refractivity contribution is -0.232. The van der Waals surface area contributed by atoms with E-state index in [9.17, 15) is 0 Å². The molecule has 0 aromatic carbocycles. The van der Waals surface area contributed by atoms with Gasteiger partial charge in [0.1, 0.15) is 0 Å². The summed E-state index contributed by atoms with van der Waals surface area (Å²) in [6, 6.07) is 0. The number of hydrogen-bond acceptors (Lipinski definition) is 3. The Morgan fingerprint density at radius 1 is 0.435 bits per heavy atom. The fourth-order valence-corrected chi connectivity index (χ4v) is 6.46. The second-order valence-corrected chi connectivity index (χ2v) is 14.5. The molecule has 0 saturated heterocycles. The van der Waals surface area contributed by atoms with Crippen LogP contribution in [-0.2, 0) is 9.47 Å². The van der Waals surface area contributed by atoms with Crippen molar-refractivity contribution in [2.75, 3.05) is 34.4 Å². The fourth-order valence-electron chi connectivity index (χ4n) is 6.46. The second-order valence-electron chi connectivity index (χ2n) is 14.5. The van der Waals surface area contributed by atoms with Crippen LogP contribution in [-0.4, -0.2) is 45.0 Å². The molecule has 0 radical (unpaired) electrons. The van der Waals surface area contributed by atoms with Crippen molar-refractivity contribution in [1.82, 2.24) is 4.90 Å². The molecule has 0 aliphatic rings. The molecule has 1 atom stereocenters. The van der Waals surface area contributed by atoms with Crippen molar-refractivity contribution < 1.29 is 9.47 Å². The average molecular weight is 648 g/mol. The van der Waals surface area contributed by atoms with Crippen LogP contribution in [0.5, 0.6) is 0 Å². The minimum atomic E-state index is -0.377. The molecular weight excluding hydrogens is 562 g/mol. The van der Waals surface area contributed by atoms with Gasteiger partial charge in [-0.15, -0.1) is 0 Å². The summed E-state index contributed by atoms with van der Waals surface area (Å²) in [5, 5.41) is 0. The maximum Gasteiger partial charge on any atom is 0.167 e. The van der Waals surface area contributed by atoms with Crippen molar-refractivity contribution in [3.63, 3.8) is 0 Å². The number of nitrogens with zero attached hydrogens (tertiary/aromatic N) is 1. The number of unbranched alkanes of at least 4 members (excludes halogenated alkanes) is 24. The molecule has 0 N–H and O–H groups in total. The first-order valence-electron chi connectivity index (χ1n) is 20.7. The first-order chi connectivity index (χ1) is 22.6. The van der Waals surface area contributed by atoms with Gasteiger partial charge in [0.2, 0.25) is 0 Å². The van der Waals surface area contributed by atoms with Crippen LogP contribution in [0.3, 0.4) is 0 Å². The van der Waals surface area contributed by atoms with E-state index in [1.54, 1.807) is 0 Å². The molecular formula is C43H85NO2. The zero-order valence-electron chi connectivity index (χ0n) is 32.4. The van der Waals surface area contributed by atoms with Crippen molar-refractivity contribution >= 4 is 0 Å². The summed E-state index contributed by atoms with van der Waals surface area (Å²) < 4.78 is 12.7. The summed E-state index contributed by atoms with van der Waals surface area (Å²) in [5.74, 6) is -0.377. The molecule has 0 amide bonds. The van der Waals surface area contributed by atoms with Crippen LogP contribution >= 0.6 is 0 Å². The van der Waals surface area contributed by atoms with Gasteiger partial charge in [-0.2, -0.15) is 0 Å². The summed E-state index contributed by atoms with van der Waals surface area (Å²) in [4.78, 5) is 2.25. The molecule has 46 heavy (non-hydrogen) atoms. The molecule has 0 saturated carbocycles. The molecule has 3 nitrogen and oxygen atoms in total. The Morgan fingerprint density at radius 3 is 1.13 bits per heavy atom. The zero-order chi connectivity index (χ0) is 33.7. The molecule has 0 aliphatic heterocycles. The molecule has 0 unspecified atom stereocenters. The van der Waals surface area contributed by atoms with E-state index in [0.717, 1.165) is 32.4 Å². The van der Waals surface area contributed by atoms with Crippen molar-refractivity contribution in [2.45, 2.75) is 219 Å². The van der Waals surface area contributed by atoms with E-state index in [4.69, 9.17) is 9.47 Å². The monoisotopic (exact) mass is 648 g/mol. The lowest BCUT2D eigenvalue weighted by atomic mass is 9.98. The van der Waals surface area contributed by atoms with Gasteiger partial charge in [-0.05, 0) is 91.3 Å². The molecule has 274 valence electrons. The zero-order valence-corrected chi connectivity index (χ0v) is 32.4. The highest BCUT2D eigenvalue weighted by atomic mass is 16.7. The van der Waals surface area contributed by atoms with Gasteiger partial charge in [-0.1, -0.05) is 154 Å². The number of hydrogen-bond donors (Lipinski definition) is 0. The number of methoxy groups -OCH3 is 1. The SMILES string of the molecule is CCCCC/C=C\CCCCCCCCCCC[C@](CCCCCCCC/C=C\CCCCCCCC)(OC)OCCCN(C)C. The van der Waals surface area contributed by atoms with Gasteiger partial charge in [0.15, 0.2) is 5.79 Å². The first-order valence-corrected chi connectivity index (χ1v) is 20.7. The molecule has 0 aliphatic carbocycles. The lowest BCUT2D eigenvalue weighted by Gasteiger charge is -2.33. The standard InChI is InChI=1S/C43H85NO2/c1-6-8-10-12-14-16-18-20-22-24-26-28-30-32-34-36-39-43(45-5,46-42-38-41-44(3)4)40-37-35-33-31-29-27-25-23-21-19-17-15-13-11-9-7-2/h14,16,21,23H,6-13,15,17-20,22,24-42H2,1-5H3/b16-14-,23-21-/t43-/m0/s1. The number of allylic oxidation sites excluding steroid dienone is 4. The van der Waals surface area contributed by atoms with E-state index in [0.29, 0.717) is 0 Å². The van der Waals surface area contributed by atoms with Gasteiger partial charge in [0, 0.05) is 20.0 Å². The van der Waals surface area contributed by atoms with Gasteiger partial charge in [-0.25, -0.2) is 0 Å². The molecule has 0 aromatic rings. The highest BCUT2D eigenvalue weighted by Gasteiger charge is 2.29. The van der Waals surface area contributed by atoms with Crippen LogP contribution in [0.4, 0.5) is 0 Å². The third-order valence-electron chi connectivity index (χ3n) is 9.63. The van der Waals surface area contributed by atoms with E-state index in [2.05, 4.69) is 57.1 Å². The maximum absolute atomic E-state index is 6.52. The maximum atomic E-state index is 6.52. The third-order valence-corrected chi connectivity index (χ3v) is 9.63. The molecule has 0 fully saturated rings. The van der Waals surface area contributed by atoms with Crippen LogP contribution in [0.2, 0.25) is 0 Å². The lowest BCUT2D eigenvalue weighted by Crippen LogP contribution is -2.36. The van der Waals surface area contributed by atoms with E-state index in [1.165, 1.54) is 180 Å². The summed E-state index contributed by atoms with van der Waals surface area (Å²) in [5.41, 5.74) is 0. The Kier molecular flexibility index (Phi) is 36.7. The fraction of sp³-hybridized carbons (Fsp3) is 0.907. The van der Waals surface area contributed by atoms with Gasteiger partial charge < -0.3 is 14.4 Å². The normalized spacial score (nSPS) is 13.5. The predicted molar refractivity (Wildman–Crippen MR) is 207 cm³/mol. The minimum absolute atomic E-state index is 0.377. The van der Waals surface area contributed by atoms with Crippen LogP contribution in [0.25, 0.3) is 0 Å². The van der Waals surface area contributed by atoms with Crippen molar-refractivity contribution in [2.24, 2.45) is 0 Å². The largest absolute Gasteiger partial charge is 0.353 e. The molecule has 0 bridgehead atoms. The molecule has 0 rings (SSSR count).